The van der Waals surface area contributed by atoms with Gasteiger partial charge in [-0.15, -0.1) is 0 Å². The average Bonchev–Trinajstić information content (AvgIpc) is 3.14. The van der Waals surface area contributed by atoms with Crippen molar-refractivity contribution >= 4 is 11.8 Å². The highest BCUT2D eigenvalue weighted by Gasteiger charge is 2.32. The molecule has 0 radical (unpaired) electrons. The van der Waals surface area contributed by atoms with Crippen LogP contribution in [-0.2, 0) is 14.3 Å². The zero-order chi connectivity index (χ0) is 12.3. The van der Waals surface area contributed by atoms with E-state index in [0.29, 0.717) is 0 Å². The van der Waals surface area contributed by atoms with Gasteiger partial charge in [0.1, 0.15) is 6.61 Å². The minimum atomic E-state index is 0.0412. The van der Waals surface area contributed by atoms with Crippen LogP contribution < -0.4 is 5.32 Å². The van der Waals surface area contributed by atoms with E-state index in [1.165, 1.54) is 7.11 Å². The molecule has 2 rings (SSSR count). The predicted octanol–water partition coefficient (Wildman–Crippen LogP) is 0.150. The first-order chi connectivity index (χ1) is 8.20. The fourth-order valence-electron chi connectivity index (χ4n) is 2.15. The Labute approximate surface area is 101 Å². The van der Waals surface area contributed by atoms with Crippen LogP contribution in [0.4, 0.5) is 0 Å². The number of hydrogen-bond donors (Lipinski definition) is 1. The van der Waals surface area contributed by atoms with E-state index in [4.69, 9.17) is 4.74 Å². The number of likely N-dealkylation sites (tertiary alicyclic amines) is 1. The summed E-state index contributed by atoms with van der Waals surface area (Å²) in [7, 11) is 1.53. The second-order valence-corrected chi connectivity index (χ2v) is 4.87. The quantitative estimate of drug-likeness (QED) is 0.761. The first-order valence-electron chi connectivity index (χ1n) is 6.28. The van der Waals surface area contributed by atoms with Gasteiger partial charge in [0.15, 0.2) is 0 Å². The van der Waals surface area contributed by atoms with Crippen LogP contribution in [0.5, 0.6) is 0 Å². The molecule has 0 aromatic rings. The molecule has 1 heterocycles. The molecule has 0 unspecified atom stereocenters. The van der Waals surface area contributed by atoms with Crippen molar-refractivity contribution in [3.63, 3.8) is 0 Å². The van der Waals surface area contributed by atoms with Crippen LogP contribution in [0.15, 0.2) is 0 Å². The number of nitrogens with one attached hydrogen (secondary N) is 1. The van der Waals surface area contributed by atoms with E-state index in [1.54, 1.807) is 0 Å². The summed E-state index contributed by atoms with van der Waals surface area (Å²) in [6, 6.07) is 0.245. The third-order valence-electron chi connectivity index (χ3n) is 3.41. The number of hydrogen-bond acceptors (Lipinski definition) is 3. The third kappa shape index (κ3) is 3.43. The van der Waals surface area contributed by atoms with Crippen LogP contribution >= 0.6 is 0 Å². The standard InChI is InChI=1S/C12H20N2O3/c1-17-8-11(15)14-6-4-10(5-7-14)13-12(16)9-2-3-9/h9-10H,2-8H2,1H3,(H,13,16). The van der Waals surface area contributed by atoms with Crippen molar-refractivity contribution in [1.29, 1.82) is 0 Å². The lowest BCUT2D eigenvalue weighted by atomic mass is 10.0. The summed E-state index contributed by atoms with van der Waals surface area (Å²) in [6.07, 6.45) is 3.79. The van der Waals surface area contributed by atoms with Crippen molar-refractivity contribution in [2.45, 2.75) is 31.7 Å². The molecule has 2 fully saturated rings. The maximum absolute atomic E-state index is 11.6. The highest BCUT2D eigenvalue weighted by Crippen LogP contribution is 2.29. The molecule has 0 atom stereocenters. The van der Waals surface area contributed by atoms with Crippen LogP contribution in [0.2, 0.25) is 0 Å². The number of methoxy groups -OCH3 is 1. The van der Waals surface area contributed by atoms with Crippen molar-refractivity contribution in [3.05, 3.63) is 0 Å². The molecule has 5 heteroatoms. The lowest BCUT2D eigenvalue weighted by Gasteiger charge is -2.32. The Morgan fingerprint density at radius 2 is 1.88 bits per heavy atom. The minimum absolute atomic E-state index is 0.0412. The van der Waals surface area contributed by atoms with Crippen LogP contribution in [0.1, 0.15) is 25.7 Å². The zero-order valence-electron chi connectivity index (χ0n) is 10.3. The van der Waals surface area contributed by atoms with E-state index < -0.39 is 0 Å². The molecule has 17 heavy (non-hydrogen) atoms. The van der Waals surface area contributed by atoms with Crippen molar-refractivity contribution in [2.75, 3.05) is 26.8 Å². The van der Waals surface area contributed by atoms with Gasteiger partial charge in [-0.2, -0.15) is 0 Å². The lowest BCUT2D eigenvalue weighted by molar-refractivity contribution is -0.136. The molecule has 0 aromatic heterocycles. The minimum Gasteiger partial charge on any atom is -0.375 e. The monoisotopic (exact) mass is 240 g/mol. The first kappa shape index (κ1) is 12.4. The molecule has 0 aromatic carbocycles. The van der Waals surface area contributed by atoms with E-state index >= 15 is 0 Å². The van der Waals surface area contributed by atoms with E-state index in [9.17, 15) is 9.59 Å². The molecule has 2 amide bonds. The number of rotatable bonds is 4. The highest BCUT2D eigenvalue weighted by atomic mass is 16.5. The molecular formula is C12H20N2O3. The Hall–Kier alpha value is -1.10. The Bertz CT molecular complexity index is 294. The Morgan fingerprint density at radius 1 is 1.24 bits per heavy atom. The van der Waals surface area contributed by atoms with Gasteiger partial charge in [-0.05, 0) is 25.7 Å². The molecular weight excluding hydrogens is 220 g/mol. The molecule has 96 valence electrons. The normalized spacial score (nSPS) is 21.4. The fourth-order valence-corrected chi connectivity index (χ4v) is 2.15. The number of carbonyl (C=O) groups is 2. The fraction of sp³-hybridized carbons (Fsp3) is 0.833. The van der Waals surface area contributed by atoms with Gasteiger partial charge in [0.05, 0.1) is 0 Å². The topological polar surface area (TPSA) is 58.6 Å². The summed E-state index contributed by atoms with van der Waals surface area (Å²) in [4.78, 5) is 24.9. The second kappa shape index (κ2) is 5.49. The predicted molar refractivity (Wildman–Crippen MR) is 62.3 cm³/mol. The lowest BCUT2D eigenvalue weighted by Crippen LogP contribution is -2.47. The van der Waals surface area contributed by atoms with E-state index in [0.717, 1.165) is 38.8 Å². The Kier molecular flexibility index (Phi) is 3.99. The molecule has 1 saturated carbocycles. The van der Waals surface area contributed by atoms with Crippen molar-refractivity contribution < 1.29 is 14.3 Å². The van der Waals surface area contributed by atoms with Crippen LogP contribution in [-0.4, -0.2) is 49.6 Å². The first-order valence-corrected chi connectivity index (χ1v) is 6.28. The number of amides is 2. The summed E-state index contributed by atoms with van der Waals surface area (Å²) in [5.74, 6) is 0.509. The van der Waals surface area contributed by atoms with Gasteiger partial charge in [0.25, 0.3) is 0 Å². The largest absolute Gasteiger partial charge is 0.375 e. The summed E-state index contributed by atoms with van der Waals surface area (Å²) in [6.45, 7) is 1.59. The average molecular weight is 240 g/mol. The summed E-state index contributed by atoms with van der Waals surface area (Å²) in [5, 5.41) is 3.06. The van der Waals surface area contributed by atoms with E-state index in [2.05, 4.69) is 5.32 Å². The van der Waals surface area contributed by atoms with Crippen LogP contribution in [0.25, 0.3) is 0 Å². The summed E-state index contributed by atoms with van der Waals surface area (Å²) >= 11 is 0. The molecule has 2 aliphatic rings. The summed E-state index contributed by atoms with van der Waals surface area (Å²) in [5.41, 5.74) is 0. The van der Waals surface area contributed by atoms with Crippen LogP contribution in [0, 0.1) is 5.92 Å². The number of piperidine rings is 1. The van der Waals surface area contributed by atoms with Crippen molar-refractivity contribution in [1.82, 2.24) is 10.2 Å². The maximum atomic E-state index is 11.6. The van der Waals surface area contributed by atoms with E-state index in [1.807, 2.05) is 4.90 Å². The molecule has 1 aliphatic heterocycles. The van der Waals surface area contributed by atoms with Gasteiger partial charge in [-0.1, -0.05) is 0 Å². The van der Waals surface area contributed by atoms with Gasteiger partial charge < -0.3 is 15.0 Å². The molecule has 5 nitrogen and oxygen atoms in total. The van der Waals surface area contributed by atoms with Gasteiger partial charge in [-0.25, -0.2) is 0 Å². The third-order valence-corrected chi connectivity index (χ3v) is 3.41. The van der Waals surface area contributed by atoms with Crippen molar-refractivity contribution in [2.24, 2.45) is 5.92 Å². The van der Waals surface area contributed by atoms with Gasteiger partial charge in [0.2, 0.25) is 11.8 Å². The molecule has 0 spiro atoms. The number of ether oxygens (including phenoxy) is 1. The Morgan fingerprint density at radius 3 is 2.41 bits per heavy atom. The molecule has 0 bridgehead atoms. The maximum Gasteiger partial charge on any atom is 0.248 e. The zero-order valence-corrected chi connectivity index (χ0v) is 10.3. The number of nitrogens with zero attached hydrogens (tertiary/aromatic N) is 1. The van der Waals surface area contributed by atoms with Crippen molar-refractivity contribution in [3.8, 4) is 0 Å². The summed E-state index contributed by atoms with van der Waals surface area (Å²) < 4.78 is 4.83. The van der Waals surface area contributed by atoms with Gasteiger partial charge >= 0.3 is 0 Å². The van der Waals surface area contributed by atoms with Gasteiger partial charge in [-0.3, -0.25) is 9.59 Å². The van der Waals surface area contributed by atoms with E-state index in [-0.39, 0.29) is 30.4 Å². The van der Waals surface area contributed by atoms with Crippen LogP contribution in [0.3, 0.4) is 0 Å². The Balaban J connectivity index is 1.70. The SMILES string of the molecule is COCC(=O)N1CCC(NC(=O)C2CC2)CC1. The highest BCUT2D eigenvalue weighted by molar-refractivity contribution is 5.81. The smallest absolute Gasteiger partial charge is 0.248 e. The molecule has 1 N–H and O–H groups in total. The molecule has 1 aliphatic carbocycles. The molecule has 1 saturated heterocycles. The van der Waals surface area contributed by atoms with Gasteiger partial charge in [0, 0.05) is 32.2 Å². The number of carbonyl (C=O) groups excluding carboxylic acids is 2. The second-order valence-electron chi connectivity index (χ2n) is 4.87.